The number of ether oxygens (including phenoxy) is 1. The number of benzene rings is 2. The Morgan fingerprint density at radius 1 is 1.04 bits per heavy atom. The van der Waals surface area contributed by atoms with Gasteiger partial charge in [-0.25, -0.2) is 17.2 Å². The van der Waals surface area contributed by atoms with Crippen LogP contribution in [0, 0.1) is 32.4 Å². The van der Waals surface area contributed by atoms with E-state index in [1.165, 1.54) is 14.2 Å². The van der Waals surface area contributed by atoms with Crippen LogP contribution in [-0.4, -0.2) is 22.6 Å². The van der Waals surface area contributed by atoms with Crippen molar-refractivity contribution in [2.45, 2.75) is 25.7 Å². The van der Waals surface area contributed by atoms with E-state index >= 15 is 0 Å². The molecule has 0 heterocycles. The maximum Gasteiger partial charge on any atom is 0.264 e. The summed E-state index contributed by atoms with van der Waals surface area (Å²) >= 11 is 0. The van der Waals surface area contributed by atoms with E-state index < -0.39 is 21.7 Å². The van der Waals surface area contributed by atoms with E-state index in [1.54, 1.807) is 26.8 Å². The van der Waals surface area contributed by atoms with Gasteiger partial charge in [0.2, 0.25) is 0 Å². The number of halogens is 2. The molecule has 0 atom stereocenters. The minimum Gasteiger partial charge on any atom is -0.496 e. The van der Waals surface area contributed by atoms with Crippen LogP contribution in [0.3, 0.4) is 0 Å². The van der Waals surface area contributed by atoms with Crippen molar-refractivity contribution in [3.05, 3.63) is 52.6 Å². The van der Waals surface area contributed by atoms with Crippen molar-refractivity contribution in [2.24, 2.45) is 0 Å². The zero-order valence-electron chi connectivity index (χ0n) is 14.1. The molecule has 0 aliphatic heterocycles. The Bertz CT molecular complexity index is 895. The molecule has 2 rings (SSSR count). The van der Waals surface area contributed by atoms with Gasteiger partial charge in [-0.1, -0.05) is 0 Å². The molecule has 24 heavy (non-hydrogen) atoms. The molecule has 0 bridgehead atoms. The summed E-state index contributed by atoms with van der Waals surface area (Å²) in [6, 6.07) is 4.40. The molecule has 0 fully saturated rings. The van der Waals surface area contributed by atoms with Gasteiger partial charge in [0.1, 0.15) is 17.4 Å². The van der Waals surface area contributed by atoms with E-state index in [-0.39, 0.29) is 10.6 Å². The molecule has 2 aromatic rings. The summed E-state index contributed by atoms with van der Waals surface area (Å²) in [5, 5.41) is 0. The molecule has 0 aliphatic rings. The van der Waals surface area contributed by atoms with Gasteiger partial charge in [-0.05, 0) is 55.7 Å². The first-order chi connectivity index (χ1) is 11.1. The van der Waals surface area contributed by atoms with Gasteiger partial charge >= 0.3 is 0 Å². The highest BCUT2D eigenvalue weighted by atomic mass is 32.2. The summed E-state index contributed by atoms with van der Waals surface area (Å²) in [4.78, 5) is 0.0898. The second kappa shape index (κ2) is 6.39. The monoisotopic (exact) mass is 355 g/mol. The van der Waals surface area contributed by atoms with E-state index in [0.717, 1.165) is 16.4 Å². The lowest BCUT2D eigenvalue weighted by atomic mass is 10.1. The average Bonchev–Trinajstić information content (AvgIpc) is 2.50. The van der Waals surface area contributed by atoms with Crippen LogP contribution in [0.1, 0.15) is 16.7 Å². The summed E-state index contributed by atoms with van der Waals surface area (Å²) in [6.45, 7) is 5.08. The van der Waals surface area contributed by atoms with E-state index in [0.29, 0.717) is 28.5 Å². The zero-order chi connectivity index (χ0) is 18.2. The third-order valence-electron chi connectivity index (χ3n) is 4.07. The maximum absolute atomic E-state index is 14.0. The average molecular weight is 355 g/mol. The second-order valence-corrected chi connectivity index (χ2v) is 7.45. The van der Waals surface area contributed by atoms with Gasteiger partial charge in [-0.15, -0.1) is 0 Å². The molecule has 7 heteroatoms. The van der Waals surface area contributed by atoms with E-state index in [9.17, 15) is 17.2 Å². The highest BCUT2D eigenvalue weighted by Gasteiger charge is 2.28. The molecular formula is C17H19F2NO3S. The van der Waals surface area contributed by atoms with Gasteiger partial charge in [0.15, 0.2) is 0 Å². The molecule has 0 spiro atoms. The number of nitrogens with zero attached hydrogens (tertiary/aromatic N) is 1. The van der Waals surface area contributed by atoms with Crippen molar-refractivity contribution in [3.63, 3.8) is 0 Å². The van der Waals surface area contributed by atoms with Gasteiger partial charge in [0.05, 0.1) is 17.7 Å². The molecule has 4 nitrogen and oxygen atoms in total. The molecule has 0 saturated carbocycles. The molecular weight excluding hydrogens is 336 g/mol. The molecule has 0 amide bonds. The Morgan fingerprint density at radius 2 is 1.67 bits per heavy atom. The van der Waals surface area contributed by atoms with Crippen molar-refractivity contribution < 1.29 is 21.9 Å². The van der Waals surface area contributed by atoms with Crippen LogP contribution in [0.25, 0.3) is 0 Å². The molecule has 0 aromatic heterocycles. The number of anilines is 1. The van der Waals surface area contributed by atoms with Crippen LogP contribution in [0.15, 0.2) is 29.2 Å². The number of hydrogen-bond acceptors (Lipinski definition) is 3. The number of methoxy groups -OCH3 is 1. The Morgan fingerprint density at radius 3 is 2.21 bits per heavy atom. The first-order valence-corrected chi connectivity index (χ1v) is 8.64. The molecule has 0 aliphatic carbocycles. The van der Waals surface area contributed by atoms with Crippen molar-refractivity contribution >= 4 is 15.7 Å². The number of sulfonamides is 1. The normalized spacial score (nSPS) is 11.5. The van der Waals surface area contributed by atoms with Crippen LogP contribution in [0.4, 0.5) is 14.5 Å². The lowest BCUT2D eigenvalue weighted by molar-refractivity contribution is 0.410. The van der Waals surface area contributed by atoms with Crippen LogP contribution >= 0.6 is 0 Å². The zero-order valence-corrected chi connectivity index (χ0v) is 15.0. The molecule has 0 N–H and O–H groups in total. The molecule has 0 radical (unpaired) electrons. The van der Waals surface area contributed by atoms with Crippen LogP contribution in [0.5, 0.6) is 5.75 Å². The molecule has 0 unspecified atom stereocenters. The van der Waals surface area contributed by atoms with Gasteiger partial charge in [-0.3, -0.25) is 4.31 Å². The topological polar surface area (TPSA) is 46.6 Å². The van der Waals surface area contributed by atoms with Gasteiger partial charge in [0, 0.05) is 13.1 Å². The van der Waals surface area contributed by atoms with Crippen LogP contribution < -0.4 is 9.04 Å². The fourth-order valence-electron chi connectivity index (χ4n) is 2.63. The number of hydrogen-bond donors (Lipinski definition) is 0. The summed E-state index contributed by atoms with van der Waals surface area (Å²) in [7, 11) is -1.27. The lowest BCUT2D eigenvalue weighted by Crippen LogP contribution is -2.29. The Balaban J connectivity index is 2.65. The summed E-state index contributed by atoms with van der Waals surface area (Å²) in [5.41, 5.74) is 1.49. The third kappa shape index (κ3) is 2.96. The standard InChI is InChI=1S/C17H19F2NO3S/c1-10-8-16(23-5)11(2)12(3)17(10)24(21,22)20(4)15-7-6-13(18)9-14(15)19/h6-9H,1-5H3. The van der Waals surface area contributed by atoms with Gasteiger partial charge < -0.3 is 4.74 Å². The Kier molecular flexibility index (Phi) is 4.85. The largest absolute Gasteiger partial charge is 0.496 e. The summed E-state index contributed by atoms with van der Waals surface area (Å²) in [6.07, 6.45) is 0. The van der Waals surface area contributed by atoms with Gasteiger partial charge in [-0.2, -0.15) is 0 Å². The van der Waals surface area contributed by atoms with E-state index in [1.807, 2.05) is 0 Å². The van der Waals surface area contributed by atoms with E-state index in [2.05, 4.69) is 0 Å². The fourth-order valence-corrected chi connectivity index (χ4v) is 4.32. The predicted octanol–water partition coefficient (Wildman–Crippen LogP) is 3.72. The number of rotatable bonds is 4. The van der Waals surface area contributed by atoms with Gasteiger partial charge in [0.25, 0.3) is 10.0 Å². The first kappa shape index (κ1) is 18.2. The second-order valence-electron chi connectivity index (χ2n) is 5.54. The Hall–Kier alpha value is -2.15. The lowest BCUT2D eigenvalue weighted by Gasteiger charge is -2.24. The van der Waals surface area contributed by atoms with Crippen LogP contribution in [0.2, 0.25) is 0 Å². The van der Waals surface area contributed by atoms with Crippen molar-refractivity contribution in [2.75, 3.05) is 18.5 Å². The predicted molar refractivity (Wildman–Crippen MR) is 89.2 cm³/mol. The molecule has 0 saturated heterocycles. The summed E-state index contributed by atoms with van der Waals surface area (Å²) < 4.78 is 59.1. The minimum absolute atomic E-state index is 0.0898. The summed E-state index contributed by atoms with van der Waals surface area (Å²) in [5.74, 6) is -1.13. The molecule has 130 valence electrons. The Labute approximate surface area is 140 Å². The molecule has 2 aromatic carbocycles. The maximum atomic E-state index is 14.0. The fraction of sp³-hybridized carbons (Fsp3) is 0.294. The van der Waals surface area contributed by atoms with E-state index in [4.69, 9.17) is 4.74 Å². The first-order valence-electron chi connectivity index (χ1n) is 7.20. The van der Waals surface area contributed by atoms with Crippen LogP contribution in [-0.2, 0) is 10.0 Å². The van der Waals surface area contributed by atoms with Crippen molar-refractivity contribution in [3.8, 4) is 5.75 Å². The third-order valence-corrected chi connectivity index (χ3v) is 6.13. The highest BCUT2D eigenvalue weighted by Crippen LogP contribution is 2.34. The number of aryl methyl sites for hydroxylation is 1. The van der Waals surface area contributed by atoms with Crippen molar-refractivity contribution in [1.82, 2.24) is 0 Å². The minimum atomic E-state index is -4.02. The van der Waals surface area contributed by atoms with Crippen molar-refractivity contribution in [1.29, 1.82) is 0 Å². The smallest absolute Gasteiger partial charge is 0.264 e. The highest BCUT2D eigenvalue weighted by molar-refractivity contribution is 7.92. The SMILES string of the molecule is COc1cc(C)c(S(=O)(=O)N(C)c2ccc(F)cc2F)c(C)c1C. The quantitative estimate of drug-likeness (QED) is 0.840.